The van der Waals surface area contributed by atoms with Crippen LogP contribution in [0.2, 0.25) is 0 Å². The van der Waals surface area contributed by atoms with Crippen LogP contribution in [0.3, 0.4) is 0 Å². The standard InChI is InChI=1S/C5H9N3/c6-8-7-4-3-5-1-2-5/h3H,1-2,4H2,(H2,6,7). The molecule has 3 nitrogen and oxygen atoms in total. The molecule has 0 bridgehead atoms. The Morgan fingerprint density at radius 1 is 1.62 bits per heavy atom. The van der Waals surface area contributed by atoms with Crippen molar-refractivity contribution in [2.75, 3.05) is 6.54 Å². The molecule has 0 spiro atoms. The van der Waals surface area contributed by atoms with E-state index in [4.69, 9.17) is 5.84 Å². The van der Waals surface area contributed by atoms with Crippen LogP contribution in [0, 0.1) is 0 Å². The van der Waals surface area contributed by atoms with Crippen molar-refractivity contribution in [3.63, 3.8) is 0 Å². The zero-order chi connectivity index (χ0) is 5.82. The fourth-order valence-corrected chi connectivity index (χ4v) is 0.493. The summed E-state index contributed by atoms with van der Waals surface area (Å²) in [6.07, 6.45) is 4.57. The normalized spacial score (nSPS) is 17.2. The molecule has 0 heterocycles. The number of nitrogens with two attached hydrogens (primary N) is 1. The van der Waals surface area contributed by atoms with Gasteiger partial charge in [-0.15, -0.1) is 0 Å². The molecule has 44 valence electrons. The molecule has 0 unspecified atom stereocenters. The van der Waals surface area contributed by atoms with Gasteiger partial charge in [-0.25, -0.2) is 0 Å². The molecule has 1 rings (SSSR count). The summed E-state index contributed by atoms with van der Waals surface area (Å²) in [5.41, 5.74) is 1.48. The Balaban J connectivity index is 2.11. The van der Waals surface area contributed by atoms with Crippen LogP contribution in [-0.4, -0.2) is 6.54 Å². The third-order valence-corrected chi connectivity index (χ3v) is 1.08. The monoisotopic (exact) mass is 111 g/mol. The predicted molar refractivity (Wildman–Crippen MR) is 31.2 cm³/mol. The summed E-state index contributed by atoms with van der Waals surface area (Å²) in [6.45, 7) is 0.659. The molecule has 2 N–H and O–H groups in total. The van der Waals surface area contributed by atoms with Crippen LogP contribution < -0.4 is 5.84 Å². The van der Waals surface area contributed by atoms with Crippen molar-refractivity contribution >= 4 is 0 Å². The first-order valence-corrected chi connectivity index (χ1v) is 2.68. The first kappa shape index (κ1) is 5.28. The van der Waals surface area contributed by atoms with Crippen molar-refractivity contribution in [2.45, 2.75) is 12.8 Å². The van der Waals surface area contributed by atoms with Crippen LogP contribution in [0.15, 0.2) is 22.0 Å². The van der Waals surface area contributed by atoms with Gasteiger partial charge in [0.1, 0.15) is 0 Å². The molecule has 0 saturated heterocycles. The van der Waals surface area contributed by atoms with Gasteiger partial charge in [0.05, 0.1) is 6.54 Å². The SMILES string of the molecule is NN=NCC=C1CC1. The Kier molecular flexibility index (Phi) is 1.62. The summed E-state index contributed by atoms with van der Waals surface area (Å²) >= 11 is 0. The highest BCUT2D eigenvalue weighted by molar-refractivity contribution is 5.16. The second-order valence-corrected chi connectivity index (χ2v) is 1.80. The lowest BCUT2D eigenvalue weighted by Gasteiger charge is -1.74. The largest absolute Gasteiger partial charge is 0.305 e. The maximum atomic E-state index is 4.76. The maximum absolute atomic E-state index is 4.76. The molecule has 1 aliphatic carbocycles. The summed E-state index contributed by atoms with van der Waals surface area (Å²) in [4.78, 5) is 0. The van der Waals surface area contributed by atoms with Crippen LogP contribution in [-0.2, 0) is 0 Å². The Hall–Kier alpha value is -0.860. The number of nitrogens with zero attached hydrogens (tertiary/aromatic N) is 2. The van der Waals surface area contributed by atoms with E-state index in [9.17, 15) is 0 Å². The molecule has 8 heavy (non-hydrogen) atoms. The number of hydrogen-bond acceptors (Lipinski definition) is 2. The van der Waals surface area contributed by atoms with Gasteiger partial charge in [0.15, 0.2) is 0 Å². The van der Waals surface area contributed by atoms with Gasteiger partial charge in [-0.3, -0.25) is 0 Å². The average Bonchev–Trinajstić information content (AvgIpc) is 2.51. The van der Waals surface area contributed by atoms with Crippen LogP contribution >= 0.6 is 0 Å². The van der Waals surface area contributed by atoms with Gasteiger partial charge >= 0.3 is 0 Å². The zero-order valence-electron chi connectivity index (χ0n) is 4.67. The van der Waals surface area contributed by atoms with E-state index in [2.05, 4.69) is 16.4 Å². The fraction of sp³-hybridized carbons (Fsp3) is 0.600. The van der Waals surface area contributed by atoms with Gasteiger partial charge in [-0.05, 0) is 12.8 Å². The van der Waals surface area contributed by atoms with Crippen molar-refractivity contribution in [2.24, 2.45) is 16.2 Å². The minimum Gasteiger partial charge on any atom is -0.305 e. The Bertz CT molecular complexity index is 120. The van der Waals surface area contributed by atoms with E-state index in [-0.39, 0.29) is 0 Å². The molecular weight excluding hydrogens is 102 g/mol. The van der Waals surface area contributed by atoms with Crippen molar-refractivity contribution in [3.8, 4) is 0 Å². The van der Waals surface area contributed by atoms with Gasteiger partial charge in [0.2, 0.25) is 0 Å². The number of rotatable bonds is 2. The van der Waals surface area contributed by atoms with Crippen molar-refractivity contribution in [1.82, 2.24) is 0 Å². The van der Waals surface area contributed by atoms with Gasteiger partial charge < -0.3 is 5.84 Å². The predicted octanol–water partition coefficient (Wildman–Crippen LogP) is 1.03. The highest BCUT2D eigenvalue weighted by Gasteiger charge is 2.08. The van der Waals surface area contributed by atoms with Gasteiger partial charge in [0.25, 0.3) is 0 Å². The number of hydrogen-bond donors (Lipinski definition) is 1. The highest BCUT2D eigenvalue weighted by Crippen LogP contribution is 2.26. The van der Waals surface area contributed by atoms with Crippen molar-refractivity contribution in [3.05, 3.63) is 11.6 Å². The van der Waals surface area contributed by atoms with Crippen molar-refractivity contribution < 1.29 is 0 Å². The molecule has 0 aromatic rings. The summed E-state index contributed by atoms with van der Waals surface area (Å²) in [6, 6.07) is 0. The summed E-state index contributed by atoms with van der Waals surface area (Å²) < 4.78 is 0. The van der Waals surface area contributed by atoms with Crippen LogP contribution in [0.4, 0.5) is 0 Å². The Morgan fingerprint density at radius 3 is 2.88 bits per heavy atom. The molecule has 0 amide bonds. The molecule has 1 saturated carbocycles. The zero-order valence-corrected chi connectivity index (χ0v) is 4.67. The van der Waals surface area contributed by atoms with E-state index < -0.39 is 0 Å². The molecule has 0 aromatic heterocycles. The fourth-order valence-electron chi connectivity index (χ4n) is 0.493. The van der Waals surface area contributed by atoms with E-state index in [0.29, 0.717) is 6.54 Å². The topological polar surface area (TPSA) is 50.7 Å². The molecule has 0 aliphatic heterocycles. The van der Waals surface area contributed by atoms with Crippen LogP contribution in [0.1, 0.15) is 12.8 Å². The summed E-state index contributed by atoms with van der Waals surface area (Å²) in [7, 11) is 0. The smallest absolute Gasteiger partial charge is 0.0803 e. The van der Waals surface area contributed by atoms with E-state index in [1.807, 2.05) is 0 Å². The number of allylic oxidation sites excluding steroid dienone is 1. The molecular formula is C5H9N3. The molecule has 0 radical (unpaired) electrons. The average molecular weight is 111 g/mol. The van der Waals surface area contributed by atoms with Crippen molar-refractivity contribution in [1.29, 1.82) is 0 Å². The lowest BCUT2D eigenvalue weighted by Crippen LogP contribution is -1.76. The van der Waals surface area contributed by atoms with Crippen LogP contribution in [0.25, 0.3) is 0 Å². The van der Waals surface area contributed by atoms with Gasteiger partial charge in [0, 0.05) is 0 Å². The lowest BCUT2D eigenvalue weighted by atomic mass is 10.5. The molecule has 1 fully saturated rings. The molecule has 3 heteroatoms. The summed E-state index contributed by atoms with van der Waals surface area (Å²) in [5.74, 6) is 4.76. The van der Waals surface area contributed by atoms with Crippen LogP contribution in [0.5, 0.6) is 0 Å². The molecule has 1 aliphatic rings. The van der Waals surface area contributed by atoms with E-state index in [1.165, 1.54) is 18.4 Å². The second-order valence-electron chi connectivity index (χ2n) is 1.80. The highest BCUT2D eigenvalue weighted by atomic mass is 15.3. The quantitative estimate of drug-likeness (QED) is 0.246. The van der Waals surface area contributed by atoms with E-state index >= 15 is 0 Å². The maximum Gasteiger partial charge on any atom is 0.0803 e. The Morgan fingerprint density at radius 2 is 2.38 bits per heavy atom. The molecule has 0 aromatic carbocycles. The third-order valence-electron chi connectivity index (χ3n) is 1.08. The first-order valence-electron chi connectivity index (χ1n) is 2.68. The Labute approximate surface area is 48.3 Å². The molecule has 0 atom stereocenters. The second kappa shape index (κ2) is 2.45. The van der Waals surface area contributed by atoms with Gasteiger partial charge in [-0.1, -0.05) is 16.9 Å². The first-order chi connectivity index (χ1) is 3.93. The summed E-state index contributed by atoms with van der Waals surface area (Å²) in [5, 5.41) is 6.69. The lowest BCUT2D eigenvalue weighted by molar-refractivity contribution is 0.965. The minimum atomic E-state index is 0.659. The third kappa shape index (κ3) is 1.73. The van der Waals surface area contributed by atoms with Gasteiger partial charge in [-0.2, -0.15) is 5.11 Å². The van der Waals surface area contributed by atoms with E-state index in [0.717, 1.165) is 0 Å². The minimum absolute atomic E-state index is 0.659. The van der Waals surface area contributed by atoms with E-state index in [1.54, 1.807) is 0 Å².